The van der Waals surface area contributed by atoms with E-state index in [2.05, 4.69) is 30.7 Å². The maximum Gasteiger partial charge on any atom is 0.573 e. The quantitative estimate of drug-likeness (QED) is 0.667. The second-order valence-corrected chi connectivity index (χ2v) is 6.32. The van der Waals surface area contributed by atoms with Crippen molar-refractivity contribution in [2.45, 2.75) is 19.3 Å². The molecule has 28 heavy (non-hydrogen) atoms. The lowest BCUT2D eigenvalue weighted by molar-refractivity contribution is -0.274. The Labute approximate surface area is 159 Å². The third-order valence-electron chi connectivity index (χ3n) is 4.27. The third kappa shape index (κ3) is 5.47. The summed E-state index contributed by atoms with van der Waals surface area (Å²) in [7, 11) is 0. The first kappa shape index (κ1) is 19.7. The summed E-state index contributed by atoms with van der Waals surface area (Å²) < 4.78 is 41.6. The highest BCUT2D eigenvalue weighted by Gasteiger charge is 2.31. The summed E-state index contributed by atoms with van der Waals surface area (Å²) in [4.78, 5) is 8.33. The summed E-state index contributed by atoms with van der Waals surface area (Å²) >= 11 is 0. The number of aromatic nitrogens is 2. The molecule has 1 aliphatic rings. The summed E-state index contributed by atoms with van der Waals surface area (Å²) in [5.74, 6) is 0.757. The molecule has 2 aromatic rings. The molecule has 1 aromatic carbocycles. The number of para-hydroxylation sites is 1. The van der Waals surface area contributed by atoms with Crippen molar-refractivity contribution in [1.29, 1.82) is 5.26 Å². The van der Waals surface area contributed by atoms with Crippen molar-refractivity contribution in [1.82, 2.24) is 15.3 Å². The Morgan fingerprint density at radius 3 is 2.82 bits per heavy atom. The Balaban J connectivity index is 1.68. The molecule has 1 aromatic heterocycles. The lowest BCUT2D eigenvalue weighted by atomic mass is 10.1. The number of ether oxygens (including phenoxy) is 1. The highest BCUT2D eigenvalue weighted by molar-refractivity contribution is 5.53. The zero-order valence-corrected chi connectivity index (χ0v) is 14.9. The number of hydrogen-bond donors (Lipinski definition) is 3. The van der Waals surface area contributed by atoms with Gasteiger partial charge in [0.2, 0.25) is 5.95 Å². The van der Waals surface area contributed by atoms with E-state index in [1.165, 1.54) is 24.4 Å². The first-order chi connectivity index (χ1) is 13.4. The van der Waals surface area contributed by atoms with Gasteiger partial charge in [-0.2, -0.15) is 10.2 Å². The first-order valence-electron chi connectivity index (χ1n) is 8.74. The monoisotopic (exact) mass is 392 g/mol. The van der Waals surface area contributed by atoms with E-state index >= 15 is 0 Å². The first-order valence-corrected chi connectivity index (χ1v) is 8.74. The lowest BCUT2D eigenvalue weighted by Crippen LogP contribution is -2.19. The molecule has 0 radical (unpaired) electrons. The SMILES string of the molecule is N#Cc1cnc(NCc2ccccc2OC(F)(F)F)nc1NCC1CCNC1. The Kier molecular flexibility index (Phi) is 6.16. The van der Waals surface area contributed by atoms with Crippen LogP contribution < -0.4 is 20.7 Å². The van der Waals surface area contributed by atoms with Crippen molar-refractivity contribution in [3.05, 3.63) is 41.6 Å². The molecule has 0 spiro atoms. The van der Waals surface area contributed by atoms with Crippen LogP contribution in [0.15, 0.2) is 30.5 Å². The zero-order valence-electron chi connectivity index (χ0n) is 14.9. The number of nitrogens with zero attached hydrogens (tertiary/aromatic N) is 3. The second kappa shape index (κ2) is 8.75. The van der Waals surface area contributed by atoms with Crippen molar-refractivity contribution in [3.63, 3.8) is 0 Å². The number of nitriles is 1. The van der Waals surface area contributed by atoms with E-state index < -0.39 is 6.36 Å². The van der Waals surface area contributed by atoms with Crippen LogP contribution in [0.25, 0.3) is 0 Å². The van der Waals surface area contributed by atoms with Crippen LogP contribution in [0.2, 0.25) is 0 Å². The van der Waals surface area contributed by atoms with Gasteiger partial charge >= 0.3 is 6.36 Å². The summed E-state index contributed by atoms with van der Waals surface area (Å²) in [5, 5.41) is 18.5. The van der Waals surface area contributed by atoms with Crippen LogP contribution in [0.3, 0.4) is 0 Å². The van der Waals surface area contributed by atoms with E-state index in [-0.39, 0.29) is 18.2 Å². The van der Waals surface area contributed by atoms with Crippen molar-refractivity contribution in [2.75, 3.05) is 30.3 Å². The van der Waals surface area contributed by atoms with Gasteiger partial charge in [-0.05, 0) is 31.5 Å². The third-order valence-corrected chi connectivity index (χ3v) is 4.27. The van der Waals surface area contributed by atoms with E-state index in [1.54, 1.807) is 6.07 Å². The molecule has 3 N–H and O–H groups in total. The van der Waals surface area contributed by atoms with E-state index in [0.717, 1.165) is 19.5 Å². The van der Waals surface area contributed by atoms with Crippen LogP contribution in [0.4, 0.5) is 24.9 Å². The van der Waals surface area contributed by atoms with E-state index in [1.807, 2.05) is 6.07 Å². The fourth-order valence-corrected chi connectivity index (χ4v) is 2.86. The molecule has 1 aliphatic heterocycles. The molecule has 0 bridgehead atoms. The molecule has 1 atom stereocenters. The van der Waals surface area contributed by atoms with Gasteiger partial charge in [-0.15, -0.1) is 13.2 Å². The van der Waals surface area contributed by atoms with Crippen molar-refractivity contribution in [2.24, 2.45) is 5.92 Å². The van der Waals surface area contributed by atoms with Gasteiger partial charge in [0.05, 0.1) is 6.20 Å². The number of benzene rings is 1. The van der Waals surface area contributed by atoms with Gasteiger partial charge < -0.3 is 20.7 Å². The fraction of sp³-hybridized carbons (Fsp3) is 0.389. The normalized spacial score (nSPS) is 16.4. The average Bonchev–Trinajstić information content (AvgIpc) is 3.18. The standard InChI is InChI=1S/C18H19F3N6O/c19-18(20,21)28-15-4-2-1-3-13(15)10-25-17-26-11-14(7-22)16(27-17)24-9-12-5-6-23-8-12/h1-4,11-12,23H,5-6,8-10H2,(H2,24,25,26,27). The van der Waals surface area contributed by atoms with Gasteiger partial charge in [0.15, 0.2) is 0 Å². The Hall–Kier alpha value is -3.06. The number of anilines is 2. The van der Waals surface area contributed by atoms with Crippen LogP contribution in [-0.2, 0) is 6.54 Å². The lowest BCUT2D eigenvalue weighted by Gasteiger charge is -2.15. The van der Waals surface area contributed by atoms with Crippen molar-refractivity contribution < 1.29 is 17.9 Å². The summed E-state index contributed by atoms with van der Waals surface area (Å²) in [5.41, 5.74) is 0.608. The Morgan fingerprint density at radius 2 is 2.11 bits per heavy atom. The molecule has 3 rings (SSSR count). The summed E-state index contributed by atoms with van der Waals surface area (Å²) in [6.45, 7) is 2.57. The predicted octanol–water partition coefficient (Wildman–Crippen LogP) is 2.88. The van der Waals surface area contributed by atoms with Crippen LogP contribution in [-0.4, -0.2) is 36.0 Å². The minimum atomic E-state index is -4.77. The van der Waals surface area contributed by atoms with Gasteiger partial charge in [0.25, 0.3) is 0 Å². The van der Waals surface area contributed by atoms with Crippen LogP contribution >= 0.6 is 0 Å². The molecule has 0 saturated carbocycles. The number of rotatable bonds is 7. The molecule has 148 valence electrons. The largest absolute Gasteiger partial charge is 0.573 e. The maximum absolute atomic E-state index is 12.5. The van der Waals surface area contributed by atoms with Gasteiger partial charge in [-0.1, -0.05) is 18.2 Å². The number of hydrogen-bond acceptors (Lipinski definition) is 7. The van der Waals surface area contributed by atoms with Crippen LogP contribution in [0, 0.1) is 17.2 Å². The van der Waals surface area contributed by atoms with Crippen LogP contribution in [0.1, 0.15) is 17.5 Å². The Morgan fingerprint density at radius 1 is 1.29 bits per heavy atom. The fourth-order valence-electron chi connectivity index (χ4n) is 2.86. The maximum atomic E-state index is 12.5. The molecule has 10 heteroatoms. The number of halogens is 3. The second-order valence-electron chi connectivity index (χ2n) is 6.32. The zero-order chi connectivity index (χ0) is 20.0. The van der Waals surface area contributed by atoms with E-state index in [4.69, 9.17) is 0 Å². The molecule has 1 saturated heterocycles. The Bertz CT molecular complexity index is 846. The summed E-state index contributed by atoms with van der Waals surface area (Å²) in [6, 6.07) is 7.87. The summed E-state index contributed by atoms with van der Waals surface area (Å²) in [6.07, 6.45) is -2.35. The molecule has 0 amide bonds. The molecular formula is C18H19F3N6O. The highest BCUT2D eigenvalue weighted by atomic mass is 19.4. The molecular weight excluding hydrogens is 373 g/mol. The van der Waals surface area contributed by atoms with E-state index in [9.17, 15) is 18.4 Å². The number of alkyl halides is 3. The average molecular weight is 392 g/mol. The highest BCUT2D eigenvalue weighted by Crippen LogP contribution is 2.26. The molecule has 1 fully saturated rings. The van der Waals surface area contributed by atoms with Gasteiger partial charge in [0, 0.05) is 18.7 Å². The van der Waals surface area contributed by atoms with Crippen molar-refractivity contribution in [3.8, 4) is 11.8 Å². The van der Waals surface area contributed by atoms with E-state index in [0.29, 0.717) is 29.4 Å². The molecule has 1 unspecified atom stereocenters. The van der Waals surface area contributed by atoms with Gasteiger partial charge in [-0.3, -0.25) is 0 Å². The smallest absolute Gasteiger partial charge is 0.405 e. The van der Waals surface area contributed by atoms with Gasteiger partial charge in [0.1, 0.15) is 23.2 Å². The van der Waals surface area contributed by atoms with Crippen LogP contribution in [0.5, 0.6) is 5.75 Å². The minimum Gasteiger partial charge on any atom is -0.405 e. The van der Waals surface area contributed by atoms with Gasteiger partial charge in [-0.25, -0.2) is 4.98 Å². The molecule has 2 heterocycles. The minimum absolute atomic E-state index is 0.0319. The topological polar surface area (TPSA) is 94.9 Å². The molecule has 7 nitrogen and oxygen atoms in total. The molecule has 0 aliphatic carbocycles. The predicted molar refractivity (Wildman–Crippen MR) is 96.7 cm³/mol. The number of nitrogens with one attached hydrogen (secondary N) is 3. The van der Waals surface area contributed by atoms with Crippen molar-refractivity contribution >= 4 is 11.8 Å².